The van der Waals surface area contributed by atoms with Crippen LogP contribution in [0.2, 0.25) is 0 Å². The molecule has 0 fully saturated rings. The third-order valence-corrected chi connectivity index (χ3v) is 2.63. The molecule has 8 heteroatoms. The zero-order chi connectivity index (χ0) is 15.8. The molecular weight excluding hydrogens is 278 g/mol. The van der Waals surface area contributed by atoms with Gasteiger partial charge in [-0.2, -0.15) is 0 Å². The minimum Gasteiger partial charge on any atom is -0.480 e. The molecule has 1 aromatic carbocycles. The highest BCUT2D eigenvalue weighted by atomic mass is 16.5. The van der Waals surface area contributed by atoms with E-state index in [-0.39, 0.29) is 6.42 Å². The van der Waals surface area contributed by atoms with Gasteiger partial charge in [-0.15, -0.1) is 0 Å². The lowest BCUT2D eigenvalue weighted by Crippen LogP contribution is -2.53. The maximum atomic E-state index is 11.7. The number of hydrogen-bond donors (Lipinski definition) is 3. The lowest BCUT2D eigenvalue weighted by atomic mass is 10.1. The monoisotopic (exact) mass is 295 g/mol. The normalized spacial score (nSPS) is 11.3. The minimum atomic E-state index is -1.26. The fourth-order valence-electron chi connectivity index (χ4n) is 1.63. The van der Waals surface area contributed by atoms with Crippen molar-refractivity contribution in [2.24, 2.45) is 5.84 Å². The van der Waals surface area contributed by atoms with Gasteiger partial charge >= 0.3 is 18.0 Å². The Labute approximate surface area is 121 Å². The zero-order valence-corrected chi connectivity index (χ0v) is 11.5. The van der Waals surface area contributed by atoms with E-state index in [1.807, 2.05) is 6.07 Å². The number of nitrogens with one attached hydrogen (secondary N) is 1. The smallest absolute Gasteiger partial charge is 0.332 e. The Balaban J connectivity index is 2.72. The third-order valence-electron chi connectivity index (χ3n) is 2.63. The van der Waals surface area contributed by atoms with Crippen LogP contribution in [0, 0.1) is 0 Å². The van der Waals surface area contributed by atoms with Crippen LogP contribution in [0.15, 0.2) is 30.3 Å². The second-order valence-electron chi connectivity index (χ2n) is 4.24. The highest BCUT2D eigenvalue weighted by molar-refractivity contribution is 5.85. The summed E-state index contributed by atoms with van der Waals surface area (Å²) in [4.78, 5) is 33.9. The number of nitrogens with zero attached hydrogens (tertiary/aromatic N) is 1. The van der Waals surface area contributed by atoms with Crippen LogP contribution in [0.3, 0.4) is 0 Å². The van der Waals surface area contributed by atoms with E-state index in [1.165, 1.54) is 7.11 Å². The number of rotatable bonds is 6. The van der Waals surface area contributed by atoms with Gasteiger partial charge in [0.2, 0.25) is 0 Å². The van der Waals surface area contributed by atoms with Crippen LogP contribution in [0.25, 0.3) is 0 Å². The van der Waals surface area contributed by atoms with Gasteiger partial charge in [-0.25, -0.2) is 15.4 Å². The van der Waals surface area contributed by atoms with E-state index >= 15 is 0 Å². The Morgan fingerprint density at radius 1 is 1.33 bits per heavy atom. The lowest BCUT2D eigenvalue weighted by Gasteiger charge is -2.20. The first-order valence-electron chi connectivity index (χ1n) is 6.10. The average molecular weight is 295 g/mol. The second kappa shape index (κ2) is 7.85. The molecule has 0 bridgehead atoms. The number of ether oxygens (including phenoxy) is 1. The summed E-state index contributed by atoms with van der Waals surface area (Å²) in [5.41, 5.74) is 0.815. The molecule has 114 valence electrons. The molecule has 8 nitrogen and oxygen atoms in total. The van der Waals surface area contributed by atoms with Crippen LogP contribution in [-0.2, 0) is 20.7 Å². The largest absolute Gasteiger partial charge is 0.480 e. The van der Waals surface area contributed by atoms with Gasteiger partial charge in [-0.05, 0) is 5.56 Å². The third kappa shape index (κ3) is 5.49. The molecule has 0 saturated carbocycles. The molecule has 0 unspecified atom stereocenters. The first-order valence-corrected chi connectivity index (χ1v) is 6.10. The number of carbonyl (C=O) groups is 3. The highest BCUT2D eigenvalue weighted by Crippen LogP contribution is 2.05. The number of carboxylic acid groups (broad SMARTS) is 1. The van der Waals surface area contributed by atoms with E-state index < -0.39 is 30.6 Å². The predicted molar refractivity (Wildman–Crippen MR) is 73.0 cm³/mol. The quantitative estimate of drug-likeness (QED) is 0.288. The molecule has 0 saturated heterocycles. The van der Waals surface area contributed by atoms with E-state index in [0.717, 1.165) is 5.56 Å². The Hall–Kier alpha value is -2.61. The average Bonchev–Trinajstić information content (AvgIpc) is 2.46. The van der Waals surface area contributed by atoms with Crippen molar-refractivity contribution in [3.8, 4) is 0 Å². The number of nitrogens with two attached hydrogens (primary N) is 1. The van der Waals surface area contributed by atoms with Crippen molar-refractivity contribution in [1.82, 2.24) is 10.3 Å². The maximum Gasteiger partial charge on any atom is 0.332 e. The van der Waals surface area contributed by atoms with Crippen molar-refractivity contribution >= 4 is 18.0 Å². The molecule has 0 heterocycles. The summed E-state index contributed by atoms with van der Waals surface area (Å²) < 4.78 is 4.62. The second-order valence-corrected chi connectivity index (χ2v) is 4.24. The molecule has 1 rings (SSSR count). The number of hydrogen-bond acceptors (Lipinski definition) is 5. The molecule has 0 radical (unpaired) electrons. The van der Waals surface area contributed by atoms with Gasteiger partial charge in [0.15, 0.2) is 0 Å². The first kappa shape index (κ1) is 16.4. The topological polar surface area (TPSA) is 122 Å². The molecule has 0 aliphatic carbocycles. The minimum absolute atomic E-state index is 0.208. The first-order chi connectivity index (χ1) is 9.93. The van der Waals surface area contributed by atoms with Crippen LogP contribution in [0.5, 0.6) is 0 Å². The molecule has 0 spiro atoms. The number of esters is 1. The summed E-state index contributed by atoms with van der Waals surface area (Å²) in [5.74, 6) is 3.39. The van der Waals surface area contributed by atoms with Gasteiger partial charge < -0.3 is 15.2 Å². The van der Waals surface area contributed by atoms with Crippen molar-refractivity contribution in [2.75, 3.05) is 13.7 Å². The van der Waals surface area contributed by atoms with Crippen molar-refractivity contribution in [3.63, 3.8) is 0 Å². The fourth-order valence-corrected chi connectivity index (χ4v) is 1.63. The van der Waals surface area contributed by atoms with Crippen LogP contribution in [0.4, 0.5) is 4.79 Å². The molecule has 0 aliphatic heterocycles. The summed E-state index contributed by atoms with van der Waals surface area (Å²) >= 11 is 0. The summed E-state index contributed by atoms with van der Waals surface area (Å²) in [6.07, 6.45) is 0.208. The van der Waals surface area contributed by atoms with Crippen molar-refractivity contribution < 1.29 is 24.2 Å². The van der Waals surface area contributed by atoms with Crippen LogP contribution in [0.1, 0.15) is 5.56 Å². The molecule has 21 heavy (non-hydrogen) atoms. The van der Waals surface area contributed by atoms with E-state index in [4.69, 9.17) is 10.9 Å². The Kier molecular flexibility index (Phi) is 6.15. The molecule has 1 atom stereocenters. The number of methoxy groups -OCH3 is 1. The van der Waals surface area contributed by atoms with Gasteiger partial charge in [0, 0.05) is 6.42 Å². The number of carbonyl (C=O) groups excluding carboxylic acids is 2. The maximum absolute atomic E-state index is 11.7. The Morgan fingerprint density at radius 3 is 2.48 bits per heavy atom. The van der Waals surface area contributed by atoms with Gasteiger partial charge in [0.05, 0.1) is 7.11 Å². The number of amides is 2. The molecule has 2 amide bonds. The van der Waals surface area contributed by atoms with E-state index in [1.54, 1.807) is 24.3 Å². The Morgan fingerprint density at radius 2 is 1.95 bits per heavy atom. The van der Waals surface area contributed by atoms with Gasteiger partial charge in [-0.3, -0.25) is 9.80 Å². The number of carboxylic acids is 1. The number of hydrazine groups is 1. The highest BCUT2D eigenvalue weighted by Gasteiger charge is 2.24. The molecular formula is C13H17N3O5. The number of benzene rings is 1. The van der Waals surface area contributed by atoms with Gasteiger partial charge in [-0.1, -0.05) is 30.3 Å². The van der Waals surface area contributed by atoms with Gasteiger partial charge in [0.25, 0.3) is 0 Å². The molecule has 4 N–H and O–H groups in total. The zero-order valence-electron chi connectivity index (χ0n) is 11.5. The number of urea groups is 1. The van der Waals surface area contributed by atoms with Crippen LogP contribution in [-0.4, -0.2) is 47.8 Å². The van der Waals surface area contributed by atoms with E-state index in [2.05, 4.69) is 10.1 Å². The van der Waals surface area contributed by atoms with E-state index in [9.17, 15) is 14.4 Å². The molecule has 1 aromatic rings. The molecule has 0 aliphatic rings. The SMILES string of the molecule is COC(=O)[C@H](Cc1ccccc1)NC(=O)N(N)CC(=O)O. The summed E-state index contributed by atoms with van der Waals surface area (Å²) in [7, 11) is 1.20. The fraction of sp³-hybridized carbons (Fsp3) is 0.308. The van der Waals surface area contributed by atoms with Crippen LogP contribution >= 0.6 is 0 Å². The summed E-state index contributed by atoms with van der Waals surface area (Å²) in [6, 6.07) is 7.17. The number of aliphatic carboxylic acids is 1. The van der Waals surface area contributed by atoms with Crippen molar-refractivity contribution in [1.29, 1.82) is 0 Å². The van der Waals surface area contributed by atoms with E-state index in [0.29, 0.717) is 5.01 Å². The Bertz CT molecular complexity index is 506. The standard InChI is InChI=1S/C13H17N3O5/c1-21-12(19)10(7-9-5-3-2-4-6-9)15-13(20)16(14)8-11(17)18/h2-6,10H,7-8,14H2,1H3,(H,15,20)(H,17,18)/t10-/m0/s1. The lowest BCUT2D eigenvalue weighted by molar-refractivity contribution is -0.142. The molecule has 0 aromatic heterocycles. The van der Waals surface area contributed by atoms with Gasteiger partial charge in [0.1, 0.15) is 12.6 Å². The van der Waals surface area contributed by atoms with Crippen molar-refractivity contribution in [2.45, 2.75) is 12.5 Å². The summed E-state index contributed by atoms with van der Waals surface area (Å²) in [6.45, 7) is -0.676. The summed E-state index contributed by atoms with van der Waals surface area (Å²) in [5, 5.41) is 11.4. The van der Waals surface area contributed by atoms with Crippen molar-refractivity contribution in [3.05, 3.63) is 35.9 Å². The predicted octanol–water partition coefficient (Wildman–Crippen LogP) is -0.259. The van der Waals surface area contributed by atoms with Crippen LogP contribution < -0.4 is 11.2 Å².